The van der Waals surface area contributed by atoms with Gasteiger partial charge in [-0.15, -0.1) is 11.8 Å². The number of benzene rings is 2. The van der Waals surface area contributed by atoms with Crippen LogP contribution in [0.2, 0.25) is 0 Å². The van der Waals surface area contributed by atoms with Gasteiger partial charge in [-0.1, -0.05) is 51.1 Å². The second-order valence-electron chi connectivity index (χ2n) is 6.39. The van der Waals surface area contributed by atoms with E-state index < -0.39 is 6.09 Å². The zero-order chi connectivity index (χ0) is 16.9. The molecule has 0 aliphatic carbocycles. The molecule has 23 heavy (non-hydrogen) atoms. The van der Waals surface area contributed by atoms with Crippen molar-refractivity contribution in [2.45, 2.75) is 37.7 Å². The van der Waals surface area contributed by atoms with Crippen molar-refractivity contribution in [1.29, 1.82) is 0 Å². The standard InChI is InChI=1S/C19H23NO2S/c1-19(2,3)15-10-16(12-17(11-15)23-4)20-18(21)22-13-14-8-6-5-7-9-14/h5-12H,13H2,1-4H3,(H,20,21). The fourth-order valence-corrected chi connectivity index (χ4v) is 2.59. The predicted octanol–water partition coefficient (Wildman–Crippen LogP) is 5.45. The number of thioether (sulfide) groups is 1. The highest BCUT2D eigenvalue weighted by Gasteiger charge is 2.16. The average molecular weight is 329 g/mol. The van der Waals surface area contributed by atoms with Gasteiger partial charge in [0.1, 0.15) is 6.61 Å². The highest BCUT2D eigenvalue weighted by atomic mass is 32.2. The van der Waals surface area contributed by atoms with Gasteiger partial charge < -0.3 is 4.74 Å². The van der Waals surface area contributed by atoms with Crippen LogP contribution in [0.4, 0.5) is 10.5 Å². The van der Waals surface area contributed by atoms with Crippen LogP contribution in [0.25, 0.3) is 0 Å². The number of hydrogen-bond acceptors (Lipinski definition) is 3. The molecular weight excluding hydrogens is 306 g/mol. The van der Waals surface area contributed by atoms with E-state index in [0.29, 0.717) is 0 Å². The molecule has 0 bridgehead atoms. The molecule has 4 heteroatoms. The third kappa shape index (κ3) is 5.32. The van der Waals surface area contributed by atoms with Crippen molar-refractivity contribution in [3.8, 4) is 0 Å². The molecule has 1 N–H and O–H groups in total. The molecule has 0 aliphatic heterocycles. The van der Waals surface area contributed by atoms with Gasteiger partial charge in [-0.2, -0.15) is 0 Å². The summed E-state index contributed by atoms with van der Waals surface area (Å²) in [6, 6.07) is 15.8. The van der Waals surface area contributed by atoms with Crippen LogP contribution < -0.4 is 5.32 Å². The lowest BCUT2D eigenvalue weighted by molar-refractivity contribution is 0.155. The Morgan fingerprint density at radius 3 is 2.43 bits per heavy atom. The second kappa shape index (κ2) is 7.55. The third-order valence-electron chi connectivity index (χ3n) is 3.47. The highest BCUT2D eigenvalue weighted by Crippen LogP contribution is 2.30. The van der Waals surface area contributed by atoms with E-state index >= 15 is 0 Å². The van der Waals surface area contributed by atoms with Gasteiger partial charge >= 0.3 is 6.09 Å². The minimum Gasteiger partial charge on any atom is -0.444 e. The first-order valence-corrected chi connectivity index (χ1v) is 8.78. The fourth-order valence-electron chi connectivity index (χ4n) is 2.10. The lowest BCUT2D eigenvalue weighted by Crippen LogP contribution is -2.16. The highest BCUT2D eigenvalue weighted by molar-refractivity contribution is 7.98. The number of anilines is 1. The van der Waals surface area contributed by atoms with Crippen LogP contribution in [0.5, 0.6) is 0 Å². The molecule has 0 atom stereocenters. The fraction of sp³-hybridized carbons (Fsp3) is 0.316. The molecule has 0 fully saturated rings. The lowest BCUT2D eigenvalue weighted by atomic mass is 9.87. The van der Waals surface area contributed by atoms with Crippen LogP contribution in [0.1, 0.15) is 31.9 Å². The molecule has 3 nitrogen and oxygen atoms in total. The van der Waals surface area contributed by atoms with E-state index in [1.165, 1.54) is 5.56 Å². The smallest absolute Gasteiger partial charge is 0.411 e. The molecule has 0 saturated carbocycles. The van der Waals surface area contributed by atoms with Gasteiger partial charge in [-0.3, -0.25) is 5.32 Å². The molecule has 2 aromatic carbocycles. The maximum Gasteiger partial charge on any atom is 0.411 e. The van der Waals surface area contributed by atoms with Crippen molar-refractivity contribution in [1.82, 2.24) is 0 Å². The van der Waals surface area contributed by atoms with Gasteiger partial charge in [0.15, 0.2) is 0 Å². The summed E-state index contributed by atoms with van der Waals surface area (Å²) in [5.74, 6) is 0. The molecule has 0 heterocycles. The van der Waals surface area contributed by atoms with Crippen molar-refractivity contribution in [3.05, 3.63) is 59.7 Å². The minimum atomic E-state index is -0.438. The maximum atomic E-state index is 12.0. The summed E-state index contributed by atoms with van der Waals surface area (Å²) in [4.78, 5) is 13.1. The van der Waals surface area contributed by atoms with Crippen molar-refractivity contribution in [2.24, 2.45) is 0 Å². The van der Waals surface area contributed by atoms with Crippen LogP contribution in [-0.2, 0) is 16.8 Å². The van der Waals surface area contributed by atoms with Crippen LogP contribution >= 0.6 is 11.8 Å². The third-order valence-corrected chi connectivity index (χ3v) is 4.17. The lowest BCUT2D eigenvalue weighted by Gasteiger charge is -2.21. The van der Waals surface area contributed by atoms with Gasteiger partial charge in [0, 0.05) is 10.6 Å². The van der Waals surface area contributed by atoms with Crippen molar-refractivity contribution in [2.75, 3.05) is 11.6 Å². The number of hydrogen-bond donors (Lipinski definition) is 1. The van der Waals surface area contributed by atoms with Gasteiger partial charge in [0.2, 0.25) is 0 Å². The summed E-state index contributed by atoms with van der Waals surface area (Å²) in [6.07, 6.45) is 1.59. The first kappa shape index (κ1) is 17.4. The summed E-state index contributed by atoms with van der Waals surface area (Å²) in [6.45, 7) is 6.73. The number of amides is 1. The summed E-state index contributed by atoms with van der Waals surface area (Å²) in [7, 11) is 0. The quantitative estimate of drug-likeness (QED) is 0.757. The van der Waals surface area contributed by atoms with Crippen molar-refractivity contribution >= 4 is 23.5 Å². The van der Waals surface area contributed by atoms with Crippen molar-refractivity contribution in [3.63, 3.8) is 0 Å². The summed E-state index contributed by atoms with van der Waals surface area (Å²) >= 11 is 1.66. The van der Waals surface area contributed by atoms with E-state index in [0.717, 1.165) is 16.1 Å². The SMILES string of the molecule is CSc1cc(NC(=O)OCc2ccccc2)cc(C(C)(C)C)c1. The Labute approximate surface area is 142 Å². The number of rotatable bonds is 4. The Hall–Kier alpha value is -1.94. The molecule has 1 amide bonds. The number of ether oxygens (including phenoxy) is 1. The van der Waals surface area contributed by atoms with Gasteiger partial charge in [-0.25, -0.2) is 4.79 Å². The average Bonchev–Trinajstić information content (AvgIpc) is 2.52. The Morgan fingerprint density at radius 1 is 1.13 bits per heavy atom. The molecule has 0 unspecified atom stereocenters. The second-order valence-corrected chi connectivity index (χ2v) is 7.27. The monoisotopic (exact) mass is 329 g/mol. The van der Waals surface area contributed by atoms with E-state index in [-0.39, 0.29) is 12.0 Å². The molecular formula is C19H23NO2S. The zero-order valence-corrected chi connectivity index (χ0v) is 14.9. The summed E-state index contributed by atoms with van der Waals surface area (Å²) < 4.78 is 5.27. The van der Waals surface area contributed by atoms with Crippen LogP contribution in [0.3, 0.4) is 0 Å². The topological polar surface area (TPSA) is 38.3 Å². The maximum absolute atomic E-state index is 12.0. The van der Waals surface area contributed by atoms with Gasteiger partial charge in [0.05, 0.1) is 0 Å². The van der Waals surface area contributed by atoms with Gasteiger partial charge in [-0.05, 0) is 41.0 Å². The molecule has 0 aromatic heterocycles. The van der Waals surface area contributed by atoms with Gasteiger partial charge in [0.25, 0.3) is 0 Å². The van der Waals surface area contributed by atoms with Crippen LogP contribution in [0, 0.1) is 0 Å². The molecule has 0 spiro atoms. The molecule has 2 rings (SSSR count). The minimum absolute atomic E-state index is 0.0239. The van der Waals surface area contributed by atoms with E-state index in [9.17, 15) is 4.79 Å². The van der Waals surface area contributed by atoms with E-state index in [1.54, 1.807) is 11.8 Å². The predicted molar refractivity (Wildman–Crippen MR) is 97.2 cm³/mol. The first-order chi connectivity index (χ1) is 10.9. The molecule has 2 aromatic rings. The Balaban J connectivity index is 2.05. The first-order valence-electron chi connectivity index (χ1n) is 7.56. The number of carbonyl (C=O) groups excluding carboxylic acids is 1. The van der Waals surface area contributed by atoms with E-state index in [4.69, 9.17) is 4.74 Å². The molecule has 0 radical (unpaired) electrons. The zero-order valence-electron chi connectivity index (χ0n) is 14.1. The van der Waals surface area contributed by atoms with E-state index in [2.05, 4.69) is 32.2 Å². The summed E-state index contributed by atoms with van der Waals surface area (Å²) in [5, 5.41) is 2.82. The van der Waals surface area contributed by atoms with E-state index in [1.807, 2.05) is 48.7 Å². The summed E-state index contributed by atoms with van der Waals surface area (Å²) in [5.41, 5.74) is 2.94. The Morgan fingerprint density at radius 2 is 1.83 bits per heavy atom. The Bertz CT molecular complexity index is 663. The molecule has 122 valence electrons. The Kier molecular flexibility index (Phi) is 5.72. The van der Waals surface area contributed by atoms with Crippen molar-refractivity contribution < 1.29 is 9.53 Å². The van der Waals surface area contributed by atoms with Crippen LogP contribution in [0.15, 0.2) is 53.4 Å². The van der Waals surface area contributed by atoms with Crippen LogP contribution in [-0.4, -0.2) is 12.3 Å². The number of carbonyl (C=O) groups is 1. The normalized spacial score (nSPS) is 11.1. The molecule has 0 saturated heterocycles. The number of nitrogens with one attached hydrogen (secondary N) is 1. The largest absolute Gasteiger partial charge is 0.444 e. The molecule has 0 aliphatic rings.